The van der Waals surface area contributed by atoms with Gasteiger partial charge in [-0.2, -0.15) is 0 Å². The van der Waals surface area contributed by atoms with Gasteiger partial charge in [0, 0.05) is 38.6 Å². The number of fused-ring (bicyclic) bond motifs is 5. The average molecular weight is 729 g/mol. The summed E-state index contributed by atoms with van der Waals surface area (Å²) in [5.74, 6) is 3.31. The van der Waals surface area contributed by atoms with Gasteiger partial charge in [0.25, 0.3) is 0 Å². The molecule has 266 valence electrons. The second-order valence-corrected chi connectivity index (χ2v) is 14.1. The lowest BCUT2D eigenvalue weighted by molar-refractivity contribution is 1.05. The van der Waals surface area contributed by atoms with Crippen LogP contribution in [0.1, 0.15) is 0 Å². The van der Waals surface area contributed by atoms with E-state index >= 15 is 0 Å². The highest BCUT2D eigenvalue weighted by Crippen LogP contribution is 2.38. The number of nitrogens with zero attached hydrogens (tertiary/aromatic N) is 6. The van der Waals surface area contributed by atoms with Gasteiger partial charge in [0.05, 0.1) is 5.69 Å². The van der Waals surface area contributed by atoms with Crippen molar-refractivity contribution in [2.24, 2.45) is 0 Å². The zero-order valence-electron chi connectivity index (χ0n) is 30.7. The van der Waals surface area contributed by atoms with E-state index in [4.69, 9.17) is 24.9 Å². The van der Waals surface area contributed by atoms with Crippen LogP contribution < -0.4 is 0 Å². The number of aromatic nitrogens is 6. The summed E-state index contributed by atoms with van der Waals surface area (Å²) in [5.41, 5.74) is 7.69. The molecule has 0 saturated carbocycles. The van der Waals surface area contributed by atoms with Crippen LogP contribution in [-0.2, 0) is 0 Å². The normalized spacial score (nSPS) is 11.5. The Hall–Kier alpha value is -7.83. The number of rotatable bonds is 6. The van der Waals surface area contributed by atoms with Crippen molar-refractivity contribution in [3.63, 3.8) is 0 Å². The number of hydrogen-bond donors (Lipinski definition) is 0. The lowest BCUT2D eigenvalue weighted by Crippen LogP contribution is -2.03. The van der Waals surface area contributed by atoms with Gasteiger partial charge in [0.2, 0.25) is 0 Å². The van der Waals surface area contributed by atoms with Gasteiger partial charge >= 0.3 is 0 Å². The fourth-order valence-electron chi connectivity index (χ4n) is 7.97. The summed E-state index contributed by atoms with van der Waals surface area (Å²) in [6, 6.07) is 66.8. The molecule has 11 rings (SSSR count). The Balaban J connectivity index is 1.12. The average Bonchev–Trinajstić information content (AvgIpc) is 3.63. The van der Waals surface area contributed by atoms with Gasteiger partial charge in [-0.05, 0) is 27.1 Å². The molecule has 0 fully saturated rings. The third kappa shape index (κ3) is 5.62. The van der Waals surface area contributed by atoms with Crippen molar-refractivity contribution in [2.75, 3.05) is 0 Å². The summed E-state index contributed by atoms with van der Waals surface area (Å²) < 4.78 is 2.21. The molecular formula is C51H32N6. The van der Waals surface area contributed by atoms with Gasteiger partial charge in [-0.15, -0.1) is 0 Å². The molecule has 3 heterocycles. The first-order valence-electron chi connectivity index (χ1n) is 19.0. The molecule has 3 aromatic heterocycles. The van der Waals surface area contributed by atoms with Gasteiger partial charge < -0.3 is 0 Å². The molecule has 0 aliphatic heterocycles. The fraction of sp³-hybridized carbons (Fsp3) is 0. The van der Waals surface area contributed by atoms with Crippen molar-refractivity contribution in [3.8, 4) is 68.2 Å². The molecule has 8 aromatic carbocycles. The zero-order valence-corrected chi connectivity index (χ0v) is 30.7. The molecule has 0 aliphatic carbocycles. The fourth-order valence-corrected chi connectivity index (χ4v) is 7.97. The second-order valence-electron chi connectivity index (χ2n) is 14.1. The van der Waals surface area contributed by atoms with E-state index in [9.17, 15) is 0 Å². The van der Waals surface area contributed by atoms with Crippen LogP contribution in [0.25, 0.3) is 106 Å². The van der Waals surface area contributed by atoms with Crippen molar-refractivity contribution in [1.29, 1.82) is 0 Å². The minimum atomic E-state index is 0.594. The molecule has 6 nitrogen and oxygen atoms in total. The van der Waals surface area contributed by atoms with Crippen LogP contribution in [0, 0.1) is 0 Å². The lowest BCUT2D eigenvalue weighted by Gasteiger charge is -2.13. The predicted molar refractivity (Wildman–Crippen MR) is 232 cm³/mol. The van der Waals surface area contributed by atoms with Crippen LogP contribution in [0.5, 0.6) is 0 Å². The Bertz CT molecular complexity index is 3170. The van der Waals surface area contributed by atoms with E-state index in [1.165, 1.54) is 0 Å². The maximum Gasteiger partial charge on any atom is 0.164 e. The van der Waals surface area contributed by atoms with Crippen LogP contribution >= 0.6 is 0 Å². The molecule has 6 heteroatoms. The van der Waals surface area contributed by atoms with E-state index in [1.54, 1.807) is 0 Å². The van der Waals surface area contributed by atoms with Crippen molar-refractivity contribution in [1.82, 2.24) is 29.3 Å². The monoisotopic (exact) mass is 728 g/mol. The molecule has 0 saturated heterocycles. The maximum absolute atomic E-state index is 5.30. The topological polar surface area (TPSA) is 68.9 Å². The molecule has 0 bridgehead atoms. The number of hydrogen-bond acceptors (Lipinski definition) is 5. The molecule has 57 heavy (non-hydrogen) atoms. The quantitative estimate of drug-likeness (QED) is 0.170. The highest BCUT2D eigenvalue weighted by molar-refractivity contribution is 6.06. The first-order chi connectivity index (χ1) is 28.3. The van der Waals surface area contributed by atoms with Crippen molar-refractivity contribution < 1.29 is 0 Å². The van der Waals surface area contributed by atoms with Gasteiger partial charge in [-0.25, -0.2) is 24.9 Å². The Labute approximate surface area is 328 Å². The molecule has 0 unspecified atom stereocenters. The van der Waals surface area contributed by atoms with Crippen molar-refractivity contribution in [3.05, 3.63) is 194 Å². The smallest absolute Gasteiger partial charge is 0.164 e. The SMILES string of the molecule is c1ccc(-c2nc(-c3ccc(-c4nc(-c5cccc6ccccc56)nc(-c5cccc6ccccc56)n4)cc3)n3c(-c4ccccc4)c4ccccc4c3n2)cc1. The Morgan fingerprint density at radius 3 is 1.33 bits per heavy atom. The molecule has 11 aromatic rings. The molecule has 0 amide bonds. The van der Waals surface area contributed by atoms with Crippen LogP contribution in [0.15, 0.2) is 194 Å². The Kier molecular flexibility index (Phi) is 7.71. The van der Waals surface area contributed by atoms with Gasteiger partial charge in [0.1, 0.15) is 11.5 Å². The van der Waals surface area contributed by atoms with Crippen LogP contribution in [0.4, 0.5) is 0 Å². The third-order valence-electron chi connectivity index (χ3n) is 10.7. The van der Waals surface area contributed by atoms with Crippen LogP contribution in [0.3, 0.4) is 0 Å². The van der Waals surface area contributed by atoms with E-state index in [0.717, 1.165) is 82.9 Å². The Morgan fingerprint density at radius 1 is 0.281 bits per heavy atom. The largest absolute Gasteiger partial charge is 0.277 e. The maximum atomic E-state index is 5.30. The first-order valence-corrected chi connectivity index (χ1v) is 19.0. The van der Waals surface area contributed by atoms with E-state index in [2.05, 4.69) is 174 Å². The summed E-state index contributed by atoms with van der Waals surface area (Å²) in [5, 5.41) is 6.63. The van der Waals surface area contributed by atoms with Crippen molar-refractivity contribution in [2.45, 2.75) is 0 Å². The summed E-state index contributed by atoms with van der Waals surface area (Å²) in [7, 11) is 0. The van der Waals surface area contributed by atoms with E-state index in [1.807, 2.05) is 24.3 Å². The highest BCUT2D eigenvalue weighted by atomic mass is 15.1. The van der Waals surface area contributed by atoms with E-state index < -0.39 is 0 Å². The minimum Gasteiger partial charge on any atom is -0.277 e. The second kappa shape index (κ2) is 13.5. The van der Waals surface area contributed by atoms with E-state index in [-0.39, 0.29) is 0 Å². The molecule has 0 N–H and O–H groups in total. The minimum absolute atomic E-state index is 0.594. The Morgan fingerprint density at radius 2 is 0.719 bits per heavy atom. The summed E-state index contributed by atoms with van der Waals surface area (Å²) >= 11 is 0. The molecule has 0 aliphatic rings. The van der Waals surface area contributed by atoms with Crippen LogP contribution in [-0.4, -0.2) is 29.3 Å². The molecule has 0 atom stereocenters. The summed E-state index contributed by atoms with van der Waals surface area (Å²) in [4.78, 5) is 26.0. The lowest BCUT2D eigenvalue weighted by atomic mass is 10.0. The van der Waals surface area contributed by atoms with Gasteiger partial charge in [-0.3, -0.25) is 4.40 Å². The standard InChI is InChI=1S/C51H32N6/c1-3-17-35(18-4-1)45-41-25-11-12-26-44(41)51-56-47(36-19-5-2-6-20-36)55-50(57(45)51)38-31-29-37(30-32-38)46-52-48(42-27-13-21-33-15-7-9-23-39(33)42)54-49(53-46)43-28-14-22-34-16-8-10-24-40(34)43/h1-32H. The first kappa shape index (κ1) is 32.6. The highest BCUT2D eigenvalue weighted by Gasteiger charge is 2.22. The third-order valence-corrected chi connectivity index (χ3v) is 10.7. The van der Waals surface area contributed by atoms with Crippen LogP contribution in [0.2, 0.25) is 0 Å². The summed E-state index contributed by atoms with van der Waals surface area (Å²) in [6.07, 6.45) is 0. The number of benzene rings is 8. The van der Waals surface area contributed by atoms with E-state index in [0.29, 0.717) is 23.3 Å². The zero-order chi connectivity index (χ0) is 37.7. The molecule has 0 spiro atoms. The van der Waals surface area contributed by atoms with Gasteiger partial charge in [0.15, 0.2) is 23.3 Å². The predicted octanol–water partition coefficient (Wildman–Crippen LogP) is 12.4. The summed E-state index contributed by atoms with van der Waals surface area (Å²) in [6.45, 7) is 0. The molecular weight excluding hydrogens is 697 g/mol. The van der Waals surface area contributed by atoms with Crippen molar-refractivity contribution >= 4 is 38.0 Å². The van der Waals surface area contributed by atoms with Gasteiger partial charge in [-0.1, -0.05) is 194 Å². The molecule has 0 radical (unpaired) electrons.